The average Bonchev–Trinajstić information content (AvgIpc) is 2.92. The average molecular weight is 395 g/mol. The molecule has 1 aliphatic rings. The lowest BCUT2D eigenvalue weighted by molar-refractivity contribution is 0.388. The summed E-state index contributed by atoms with van der Waals surface area (Å²) < 4.78 is 28.2. The number of hydrogen-bond donors (Lipinski definition) is 0. The Balaban J connectivity index is 2.39. The summed E-state index contributed by atoms with van der Waals surface area (Å²) in [5.41, 5.74) is 1.56. The predicted octanol–water partition coefficient (Wildman–Crippen LogP) is 4.16. The predicted molar refractivity (Wildman–Crippen MR) is 90.1 cm³/mol. The zero-order valence-electron chi connectivity index (χ0n) is 12.6. The summed E-state index contributed by atoms with van der Waals surface area (Å²) in [6, 6.07) is 3.58. The van der Waals surface area contributed by atoms with E-state index in [1.807, 2.05) is 13.0 Å². The second-order valence-electron chi connectivity index (χ2n) is 5.99. The molecule has 0 spiro atoms. The van der Waals surface area contributed by atoms with Crippen LogP contribution in [0.15, 0.2) is 21.5 Å². The van der Waals surface area contributed by atoms with E-state index >= 15 is 0 Å². The van der Waals surface area contributed by atoms with Crippen molar-refractivity contribution in [1.82, 2.24) is 4.31 Å². The van der Waals surface area contributed by atoms with Crippen LogP contribution in [0.2, 0.25) is 0 Å². The van der Waals surface area contributed by atoms with Crippen LogP contribution in [0.5, 0.6) is 0 Å². The van der Waals surface area contributed by atoms with Gasteiger partial charge in [-0.2, -0.15) is 4.31 Å². The quantitative estimate of drug-likeness (QED) is 0.719. The van der Waals surface area contributed by atoms with Crippen molar-refractivity contribution in [3.63, 3.8) is 0 Å². The molecule has 3 nitrogen and oxygen atoms in total. The first-order valence-electron chi connectivity index (χ1n) is 7.12. The molecular weight excluding hydrogens is 374 g/mol. The number of halogens is 2. The van der Waals surface area contributed by atoms with Crippen LogP contribution in [-0.4, -0.2) is 25.8 Å². The molecule has 0 radical (unpaired) electrons. The Morgan fingerprint density at radius 2 is 2.10 bits per heavy atom. The highest BCUT2D eigenvalue weighted by Crippen LogP contribution is 2.32. The number of alkyl halides is 1. The molecule has 1 unspecified atom stereocenters. The molecule has 0 aromatic heterocycles. The summed E-state index contributed by atoms with van der Waals surface area (Å²) in [7, 11) is -3.45. The second-order valence-corrected chi connectivity index (χ2v) is 9.02. The first-order chi connectivity index (χ1) is 9.77. The molecule has 1 aromatic carbocycles. The van der Waals surface area contributed by atoms with Gasteiger partial charge in [0.25, 0.3) is 0 Å². The summed E-state index contributed by atoms with van der Waals surface area (Å²) in [6.45, 7) is 7.34. The summed E-state index contributed by atoms with van der Waals surface area (Å²) >= 11 is 9.30. The van der Waals surface area contributed by atoms with E-state index < -0.39 is 10.0 Å². The maximum Gasteiger partial charge on any atom is 0.243 e. The molecule has 0 N–H and O–H groups in total. The molecule has 1 aliphatic heterocycles. The lowest BCUT2D eigenvalue weighted by Gasteiger charge is -2.20. The topological polar surface area (TPSA) is 37.4 Å². The van der Waals surface area contributed by atoms with Crippen LogP contribution in [0.1, 0.15) is 31.4 Å². The van der Waals surface area contributed by atoms with Crippen molar-refractivity contribution in [3.8, 4) is 0 Å². The van der Waals surface area contributed by atoms with E-state index in [0.717, 1.165) is 22.0 Å². The van der Waals surface area contributed by atoms with Crippen molar-refractivity contribution < 1.29 is 8.42 Å². The van der Waals surface area contributed by atoms with Crippen LogP contribution in [0.4, 0.5) is 0 Å². The fourth-order valence-electron chi connectivity index (χ4n) is 2.71. The Kier molecular flexibility index (Phi) is 5.40. The number of sulfonamides is 1. The molecule has 1 atom stereocenters. The van der Waals surface area contributed by atoms with Crippen molar-refractivity contribution in [3.05, 3.63) is 27.7 Å². The van der Waals surface area contributed by atoms with Crippen LogP contribution >= 0.6 is 27.5 Å². The SMILES string of the molecule is Cc1c(Br)cc(CCl)cc1S(=O)(=O)N1CCC(C(C)C)C1. The molecule has 0 bridgehead atoms. The van der Waals surface area contributed by atoms with Crippen molar-refractivity contribution in [2.45, 2.75) is 38.0 Å². The van der Waals surface area contributed by atoms with Gasteiger partial charge in [-0.15, -0.1) is 11.6 Å². The zero-order valence-corrected chi connectivity index (χ0v) is 15.7. The van der Waals surface area contributed by atoms with Crippen molar-refractivity contribution in [2.75, 3.05) is 13.1 Å². The number of hydrogen-bond acceptors (Lipinski definition) is 2. The highest BCUT2D eigenvalue weighted by atomic mass is 79.9. The van der Waals surface area contributed by atoms with Crippen LogP contribution in [-0.2, 0) is 15.9 Å². The fourth-order valence-corrected chi connectivity index (χ4v) is 5.31. The highest BCUT2D eigenvalue weighted by molar-refractivity contribution is 9.10. The smallest absolute Gasteiger partial charge is 0.207 e. The van der Waals surface area contributed by atoms with Gasteiger partial charge in [-0.3, -0.25) is 0 Å². The maximum absolute atomic E-state index is 12.9. The van der Waals surface area contributed by atoms with Gasteiger partial charge in [0.15, 0.2) is 0 Å². The Bertz CT molecular complexity index is 631. The zero-order chi connectivity index (χ0) is 15.8. The van der Waals surface area contributed by atoms with Crippen LogP contribution < -0.4 is 0 Å². The molecule has 2 rings (SSSR count). The standard InChI is InChI=1S/C15H21BrClNO2S/c1-10(2)13-4-5-18(9-13)21(19,20)15-7-12(8-17)6-14(16)11(15)3/h6-7,10,13H,4-5,8-9H2,1-3H3. The van der Waals surface area contributed by atoms with Gasteiger partial charge in [-0.1, -0.05) is 29.8 Å². The van der Waals surface area contributed by atoms with E-state index in [4.69, 9.17) is 11.6 Å². The number of rotatable bonds is 4. The molecule has 1 saturated heterocycles. The van der Waals surface area contributed by atoms with E-state index in [2.05, 4.69) is 29.8 Å². The Hall–Kier alpha value is -0.100. The molecule has 0 aliphatic carbocycles. The second kappa shape index (κ2) is 6.57. The lowest BCUT2D eigenvalue weighted by atomic mass is 9.96. The fraction of sp³-hybridized carbons (Fsp3) is 0.600. The van der Waals surface area contributed by atoms with Crippen molar-refractivity contribution in [1.29, 1.82) is 0 Å². The third-order valence-corrected chi connectivity index (χ3v) is 7.38. The van der Waals surface area contributed by atoms with Gasteiger partial charge in [-0.25, -0.2) is 8.42 Å². The Labute approximate surface area is 140 Å². The summed E-state index contributed by atoms with van der Waals surface area (Å²) in [5.74, 6) is 1.25. The van der Waals surface area contributed by atoms with Crippen molar-refractivity contribution >= 4 is 37.6 Å². The Morgan fingerprint density at radius 1 is 1.43 bits per heavy atom. The van der Waals surface area contributed by atoms with Crippen molar-refractivity contribution in [2.24, 2.45) is 11.8 Å². The van der Waals surface area contributed by atoms with Crippen LogP contribution in [0.25, 0.3) is 0 Å². The summed E-state index contributed by atoms with van der Waals surface area (Å²) in [4.78, 5) is 0.372. The normalized spacial score (nSPS) is 20.4. The van der Waals surface area contributed by atoms with Gasteiger partial charge in [0.05, 0.1) is 4.90 Å². The largest absolute Gasteiger partial charge is 0.243 e. The summed E-state index contributed by atoms with van der Waals surface area (Å²) in [6.07, 6.45) is 0.937. The molecule has 118 valence electrons. The molecule has 6 heteroatoms. The first kappa shape index (κ1) is 17.3. The lowest BCUT2D eigenvalue weighted by Crippen LogP contribution is -2.30. The minimum atomic E-state index is -3.45. The molecule has 1 fully saturated rings. The van der Waals surface area contributed by atoms with Gasteiger partial charge >= 0.3 is 0 Å². The minimum Gasteiger partial charge on any atom is -0.207 e. The third-order valence-electron chi connectivity index (χ3n) is 4.26. The van der Waals surface area contributed by atoms with E-state index in [9.17, 15) is 8.42 Å². The van der Waals surface area contributed by atoms with Gasteiger partial charge in [-0.05, 0) is 48.4 Å². The number of nitrogens with zero attached hydrogens (tertiary/aromatic N) is 1. The van der Waals surface area contributed by atoms with Crippen LogP contribution in [0.3, 0.4) is 0 Å². The molecular formula is C15H21BrClNO2S. The van der Waals surface area contributed by atoms with Crippen LogP contribution in [0, 0.1) is 18.8 Å². The number of benzene rings is 1. The summed E-state index contributed by atoms with van der Waals surface area (Å²) in [5, 5.41) is 0. The maximum atomic E-state index is 12.9. The van der Waals surface area contributed by atoms with E-state index in [1.165, 1.54) is 0 Å². The third kappa shape index (κ3) is 3.46. The van der Waals surface area contributed by atoms with Gasteiger partial charge in [0.2, 0.25) is 10.0 Å². The minimum absolute atomic E-state index is 0.302. The van der Waals surface area contributed by atoms with E-state index in [0.29, 0.717) is 35.7 Å². The van der Waals surface area contributed by atoms with E-state index in [-0.39, 0.29) is 0 Å². The highest BCUT2D eigenvalue weighted by Gasteiger charge is 2.34. The molecule has 1 heterocycles. The molecule has 21 heavy (non-hydrogen) atoms. The first-order valence-corrected chi connectivity index (χ1v) is 9.89. The molecule has 1 aromatic rings. The van der Waals surface area contributed by atoms with Gasteiger partial charge < -0.3 is 0 Å². The molecule has 0 saturated carbocycles. The van der Waals surface area contributed by atoms with E-state index in [1.54, 1.807) is 10.4 Å². The van der Waals surface area contributed by atoms with Gasteiger partial charge in [0.1, 0.15) is 0 Å². The monoisotopic (exact) mass is 393 g/mol. The van der Waals surface area contributed by atoms with Gasteiger partial charge in [0, 0.05) is 23.4 Å². The molecule has 0 amide bonds. The Morgan fingerprint density at radius 3 is 2.62 bits per heavy atom.